The summed E-state index contributed by atoms with van der Waals surface area (Å²) in [7, 11) is 0. The molecule has 0 spiro atoms. The summed E-state index contributed by atoms with van der Waals surface area (Å²) in [5.41, 5.74) is 8.41. The Hall–Kier alpha value is -1.40. The number of rotatable bonds is 2. The number of nitrogens with one attached hydrogen (secondary N) is 1. The third-order valence-corrected chi connectivity index (χ3v) is 4.05. The first-order valence-corrected chi connectivity index (χ1v) is 7.04. The number of nitrogens with two attached hydrogens (primary N) is 1. The SMILES string of the molecule is Cc1cc(NC(=O)c2ccc(N)c(Br)c2)cnc1Br. The summed E-state index contributed by atoms with van der Waals surface area (Å²) in [5.74, 6) is -0.204. The predicted molar refractivity (Wildman–Crippen MR) is 83.2 cm³/mol. The minimum atomic E-state index is -0.204. The molecule has 98 valence electrons. The zero-order valence-electron chi connectivity index (χ0n) is 10.1. The molecule has 1 aromatic carbocycles. The van der Waals surface area contributed by atoms with E-state index in [9.17, 15) is 4.79 Å². The number of aryl methyl sites for hydroxylation is 1. The number of anilines is 2. The lowest BCUT2D eigenvalue weighted by Gasteiger charge is -2.07. The van der Waals surface area contributed by atoms with Gasteiger partial charge in [-0.25, -0.2) is 4.98 Å². The zero-order valence-corrected chi connectivity index (χ0v) is 13.2. The number of carbonyl (C=O) groups is 1. The van der Waals surface area contributed by atoms with Gasteiger partial charge in [-0.15, -0.1) is 0 Å². The van der Waals surface area contributed by atoms with Crippen molar-refractivity contribution in [3.63, 3.8) is 0 Å². The number of hydrogen-bond donors (Lipinski definition) is 2. The number of halogens is 2. The van der Waals surface area contributed by atoms with Crippen LogP contribution in [-0.4, -0.2) is 10.9 Å². The highest BCUT2D eigenvalue weighted by molar-refractivity contribution is 9.10. The van der Waals surface area contributed by atoms with Crippen molar-refractivity contribution in [3.8, 4) is 0 Å². The van der Waals surface area contributed by atoms with Crippen LogP contribution in [0.5, 0.6) is 0 Å². The van der Waals surface area contributed by atoms with Gasteiger partial charge < -0.3 is 11.1 Å². The number of carbonyl (C=O) groups excluding carboxylic acids is 1. The molecule has 1 aromatic heterocycles. The molecule has 1 amide bonds. The number of nitrogen functional groups attached to an aromatic ring is 1. The molecule has 0 fully saturated rings. The highest BCUT2D eigenvalue weighted by Crippen LogP contribution is 2.22. The monoisotopic (exact) mass is 383 g/mol. The molecule has 0 saturated heterocycles. The minimum Gasteiger partial charge on any atom is -0.398 e. The molecule has 0 saturated carbocycles. The lowest BCUT2D eigenvalue weighted by molar-refractivity contribution is 0.102. The molecule has 4 nitrogen and oxygen atoms in total. The molecule has 0 aliphatic rings. The third-order valence-electron chi connectivity index (χ3n) is 2.53. The van der Waals surface area contributed by atoms with Gasteiger partial charge in [0.2, 0.25) is 0 Å². The van der Waals surface area contributed by atoms with E-state index in [-0.39, 0.29) is 5.91 Å². The van der Waals surface area contributed by atoms with E-state index in [0.29, 0.717) is 21.4 Å². The van der Waals surface area contributed by atoms with Gasteiger partial charge in [0.15, 0.2) is 0 Å². The van der Waals surface area contributed by atoms with Crippen LogP contribution in [0.3, 0.4) is 0 Å². The largest absolute Gasteiger partial charge is 0.398 e. The highest BCUT2D eigenvalue weighted by atomic mass is 79.9. The van der Waals surface area contributed by atoms with Crippen molar-refractivity contribution in [2.75, 3.05) is 11.1 Å². The highest BCUT2D eigenvalue weighted by Gasteiger charge is 2.08. The Kier molecular flexibility index (Phi) is 4.21. The molecule has 0 unspecified atom stereocenters. The molecule has 0 bridgehead atoms. The van der Waals surface area contributed by atoms with Crippen molar-refractivity contribution in [3.05, 3.63) is 50.7 Å². The number of amides is 1. The number of pyridine rings is 1. The Morgan fingerprint density at radius 3 is 2.68 bits per heavy atom. The van der Waals surface area contributed by atoms with E-state index in [0.717, 1.165) is 10.2 Å². The Bertz CT molecular complexity index is 644. The summed E-state index contributed by atoms with van der Waals surface area (Å²) in [5, 5.41) is 2.79. The van der Waals surface area contributed by atoms with E-state index in [1.165, 1.54) is 0 Å². The van der Waals surface area contributed by atoms with Crippen LogP contribution in [0.2, 0.25) is 0 Å². The maximum absolute atomic E-state index is 12.1. The number of aromatic nitrogens is 1. The van der Waals surface area contributed by atoms with Crippen LogP contribution in [-0.2, 0) is 0 Å². The van der Waals surface area contributed by atoms with E-state index in [1.807, 2.05) is 13.0 Å². The van der Waals surface area contributed by atoms with Gasteiger partial charge in [0.05, 0.1) is 11.9 Å². The molecular weight excluding hydrogens is 374 g/mol. The number of hydrogen-bond acceptors (Lipinski definition) is 3. The summed E-state index contributed by atoms with van der Waals surface area (Å²) in [6, 6.07) is 6.89. The number of benzene rings is 1. The van der Waals surface area contributed by atoms with E-state index >= 15 is 0 Å². The van der Waals surface area contributed by atoms with Crippen molar-refractivity contribution in [2.45, 2.75) is 6.92 Å². The van der Waals surface area contributed by atoms with Crippen LogP contribution in [0.1, 0.15) is 15.9 Å². The molecule has 3 N–H and O–H groups in total. The van der Waals surface area contributed by atoms with Gasteiger partial charge in [-0.3, -0.25) is 4.79 Å². The van der Waals surface area contributed by atoms with Gasteiger partial charge in [-0.05, 0) is 68.6 Å². The van der Waals surface area contributed by atoms with Crippen LogP contribution in [0.15, 0.2) is 39.5 Å². The van der Waals surface area contributed by atoms with Gasteiger partial charge >= 0.3 is 0 Å². The smallest absolute Gasteiger partial charge is 0.255 e. The van der Waals surface area contributed by atoms with Gasteiger partial charge in [0.1, 0.15) is 4.60 Å². The average molecular weight is 385 g/mol. The number of nitrogens with zero attached hydrogens (tertiary/aromatic N) is 1. The quantitative estimate of drug-likeness (QED) is 0.612. The van der Waals surface area contributed by atoms with Crippen LogP contribution in [0.25, 0.3) is 0 Å². The first-order valence-electron chi connectivity index (χ1n) is 5.46. The van der Waals surface area contributed by atoms with E-state index in [2.05, 4.69) is 42.2 Å². The third kappa shape index (κ3) is 3.33. The summed E-state index contributed by atoms with van der Waals surface area (Å²) in [6.07, 6.45) is 1.60. The lowest BCUT2D eigenvalue weighted by atomic mass is 10.2. The normalized spacial score (nSPS) is 10.3. The van der Waals surface area contributed by atoms with Crippen LogP contribution < -0.4 is 11.1 Å². The van der Waals surface area contributed by atoms with E-state index in [4.69, 9.17) is 5.73 Å². The maximum atomic E-state index is 12.1. The second-order valence-corrected chi connectivity index (χ2v) is 5.63. The molecule has 0 aliphatic carbocycles. The van der Waals surface area contributed by atoms with Gasteiger partial charge in [-0.1, -0.05) is 0 Å². The molecule has 2 rings (SSSR count). The van der Waals surface area contributed by atoms with Crippen molar-refractivity contribution in [1.29, 1.82) is 0 Å². The Morgan fingerprint density at radius 2 is 2.05 bits per heavy atom. The minimum absolute atomic E-state index is 0.204. The fourth-order valence-corrected chi connectivity index (χ4v) is 2.09. The summed E-state index contributed by atoms with van der Waals surface area (Å²) in [6.45, 7) is 1.91. The molecule has 0 radical (unpaired) electrons. The van der Waals surface area contributed by atoms with Crippen LogP contribution >= 0.6 is 31.9 Å². The fourth-order valence-electron chi connectivity index (χ4n) is 1.50. The summed E-state index contributed by atoms with van der Waals surface area (Å²) in [4.78, 5) is 16.2. The standard InChI is InChI=1S/C13H11Br2N3O/c1-7-4-9(6-17-12(7)15)18-13(19)8-2-3-11(16)10(14)5-8/h2-6H,16H2,1H3,(H,18,19). The molecule has 19 heavy (non-hydrogen) atoms. The van der Waals surface area contributed by atoms with Crippen molar-refractivity contribution in [1.82, 2.24) is 4.98 Å². The van der Waals surface area contributed by atoms with Crippen LogP contribution in [0.4, 0.5) is 11.4 Å². The lowest BCUT2D eigenvalue weighted by Crippen LogP contribution is -2.12. The first kappa shape index (κ1) is 14.0. The maximum Gasteiger partial charge on any atom is 0.255 e. The average Bonchev–Trinajstić information content (AvgIpc) is 2.37. The topological polar surface area (TPSA) is 68.0 Å². The van der Waals surface area contributed by atoms with Crippen LogP contribution in [0, 0.1) is 6.92 Å². The Labute approximate surface area is 127 Å². The molecule has 6 heteroatoms. The summed E-state index contributed by atoms with van der Waals surface area (Å²) < 4.78 is 1.46. The Morgan fingerprint density at radius 1 is 1.32 bits per heavy atom. The fraction of sp³-hybridized carbons (Fsp3) is 0.0769. The van der Waals surface area contributed by atoms with Crippen molar-refractivity contribution >= 4 is 49.1 Å². The molecule has 2 aromatic rings. The molecule has 0 aliphatic heterocycles. The summed E-state index contributed by atoms with van der Waals surface area (Å²) >= 11 is 6.61. The van der Waals surface area contributed by atoms with Crippen molar-refractivity contribution < 1.29 is 4.79 Å². The van der Waals surface area contributed by atoms with Gasteiger partial charge in [-0.2, -0.15) is 0 Å². The predicted octanol–water partition coefficient (Wildman–Crippen LogP) is 3.75. The molecular formula is C13H11Br2N3O. The molecule has 0 atom stereocenters. The van der Waals surface area contributed by atoms with E-state index in [1.54, 1.807) is 24.4 Å². The zero-order chi connectivity index (χ0) is 14.0. The Balaban J connectivity index is 2.20. The van der Waals surface area contributed by atoms with Crippen molar-refractivity contribution in [2.24, 2.45) is 0 Å². The first-order chi connectivity index (χ1) is 8.97. The molecule has 1 heterocycles. The van der Waals surface area contributed by atoms with Gasteiger partial charge in [0, 0.05) is 15.7 Å². The second kappa shape index (κ2) is 5.71. The second-order valence-electron chi connectivity index (χ2n) is 4.02. The van der Waals surface area contributed by atoms with E-state index < -0.39 is 0 Å². The van der Waals surface area contributed by atoms with Gasteiger partial charge in [0.25, 0.3) is 5.91 Å².